The Labute approximate surface area is 160 Å². The van der Waals surface area contributed by atoms with Crippen LogP contribution in [0.2, 0.25) is 0 Å². The number of fused-ring (bicyclic) bond motifs is 1. The van der Waals surface area contributed by atoms with Gasteiger partial charge in [-0.2, -0.15) is 0 Å². The van der Waals surface area contributed by atoms with Crippen LogP contribution in [0.15, 0.2) is 48.5 Å². The van der Waals surface area contributed by atoms with Crippen molar-refractivity contribution in [1.29, 1.82) is 0 Å². The first kappa shape index (κ1) is 18.0. The van der Waals surface area contributed by atoms with Crippen LogP contribution in [0.4, 0.5) is 11.4 Å². The van der Waals surface area contributed by atoms with Crippen LogP contribution >= 0.6 is 0 Å². The van der Waals surface area contributed by atoms with Crippen molar-refractivity contribution in [3.63, 3.8) is 0 Å². The zero-order chi connectivity index (χ0) is 18.6. The molecule has 2 aliphatic heterocycles. The molecule has 0 spiro atoms. The third kappa shape index (κ3) is 3.99. The Hall–Kier alpha value is -2.37. The molecule has 2 N–H and O–H groups in total. The number of hydrogen-bond acceptors (Lipinski definition) is 4. The summed E-state index contributed by atoms with van der Waals surface area (Å²) in [5, 5.41) is 6.63. The first-order valence-corrected chi connectivity index (χ1v) is 9.72. The average Bonchev–Trinajstić information content (AvgIpc) is 3.13. The van der Waals surface area contributed by atoms with E-state index >= 15 is 0 Å². The summed E-state index contributed by atoms with van der Waals surface area (Å²) >= 11 is 0. The number of amides is 1. The smallest absolute Gasteiger partial charge is 0.229 e. The molecule has 0 radical (unpaired) electrons. The zero-order valence-corrected chi connectivity index (χ0v) is 15.8. The molecule has 0 aliphatic carbocycles. The van der Waals surface area contributed by atoms with Gasteiger partial charge in [-0.05, 0) is 43.1 Å². The molecule has 2 heterocycles. The van der Waals surface area contributed by atoms with Gasteiger partial charge in [-0.1, -0.05) is 36.4 Å². The zero-order valence-electron chi connectivity index (χ0n) is 15.8. The normalized spacial score (nSPS) is 22.3. The molecule has 4 rings (SSSR count). The molecule has 5 nitrogen and oxygen atoms in total. The molecule has 0 saturated carbocycles. The van der Waals surface area contributed by atoms with E-state index in [4.69, 9.17) is 4.74 Å². The van der Waals surface area contributed by atoms with E-state index in [-0.39, 0.29) is 17.9 Å². The van der Waals surface area contributed by atoms with E-state index in [9.17, 15) is 4.79 Å². The largest absolute Gasteiger partial charge is 0.379 e. The van der Waals surface area contributed by atoms with Crippen molar-refractivity contribution in [2.24, 2.45) is 5.92 Å². The Morgan fingerprint density at radius 2 is 1.89 bits per heavy atom. The van der Waals surface area contributed by atoms with Gasteiger partial charge in [-0.3, -0.25) is 9.69 Å². The Morgan fingerprint density at radius 3 is 2.74 bits per heavy atom. The minimum Gasteiger partial charge on any atom is -0.379 e. The molecule has 0 bridgehead atoms. The number of ether oxygens (including phenoxy) is 1. The number of morpholine rings is 1. The molecular weight excluding hydrogens is 338 g/mol. The number of hydrogen-bond donors (Lipinski definition) is 2. The fourth-order valence-corrected chi connectivity index (χ4v) is 4.08. The highest BCUT2D eigenvalue weighted by molar-refractivity contribution is 5.96. The van der Waals surface area contributed by atoms with Gasteiger partial charge >= 0.3 is 0 Å². The number of anilines is 2. The molecule has 2 unspecified atom stereocenters. The third-order valence-corrected chi connectivity index (χ3v) is 5.72. The lowest BCUT2D eigenvalue weighted by Gasteiger charge is -2.31. The van der Waals surface area contributed by atoms with Crippen molar-refractivity contribution in [3.8, 4) is 0 Å². The summed E-state index contributed by atoms with van der Waals surface area (Å²) in [6.07, 6.45) is 0.901. The fraction of sp³-hybridized carbons (Fsp3) is 0.409. The van der Waals surface area contributed by atoms with Gasteiger partial charge in [0.25, 0.3) is 0 Å². The molecule has 2 saturated heterocycles. The van der Waals surface area contributed by atoms with Crippen LogP contribution < -0.4 is 10.6 Å². The highest BCUT2D eigenvalue weighted by Gasteiger charge is 2.40. The number of nitrogens with one attached hydrogen (secondary N) is 2. The lowest BCUT2D eigenvalue weighted by molar-refractivity contribution is -0.122. The first-order chi connectivity index (χ1) is 13.2. The van der Waals surface area contributed by atoms with Crippen LogP contribution in [-0.2, 0) is 16.1 Å². The van der Waals surface area contributed by atoms with Crippen LogP contribution in [0.5, 0.6) is 0 Å². The number of carbonyl (C=O) groups is 1. The summed E-state index contributed by atoms with van der Waals surface area (Å²) in [6.45, 7) is 6.19. The molecule has 2 aromatic carbocycles. The Balaban J connectivity index is 1.43. The van der Waals surface area contributed by atoms with E-state index in [2.05, 4.69) is 40.7 Å². The van der Waals surface area contributed by atoms with Crippen molar-refractivity contribution in [1.82, 2.24) is 4.90 Å². The molecule has 142 valence electrons. The van der Waals surface area contributed by atoms with E-state index in [1.807, 2.05) is 30.3 Å². The Morgan fingerprint density at radius 1 is 1.11 bits per heavy atom. The molecule has 2 aliphatic rings. The predicted molar refractivity (Wildman–Crippen MR) is 108 cm³/mol. The van der Waals surface area contributed by atoms with E-state index < -0.39 is 0 Å². The lowest BCUT2D eigenvalue weighted by Crippen LogP contribution is -2.46. The summed E-state index contributed by atoms with van der Waals surface area (Å²) in [7, 11) is 0. The average molecular weight is 365 g/mol. The van der Waals surface area contributed by atoms with Crippen molar-refractivity contribution >= 4 is 17.3 Å². The molecule has 2 fully saturated rings. The molecule has 2 aromatic rings. The van der Waals surface area contributed by atoms with E-state index in [1.165, 1.54) is 11.1 Å². The SMILES string of the molecule is Cc1ccccc1CNc1ccccc1NC(=O)C1CCN2CCOCC12. The van der Waals surface area contributed by atoms with Crippen molar-refractivity contribution in [2.75, 3.05) is 36.9 Å². The highest BCUT2D eigenvalue weighted by atomic mass is 16.5. The van der Waals surface area contributed by atoms with Gasteiger partial charge in [-0.15, -0.1) is 0 Å². The molecule has 2 atom stereocenters. The maximum absolute atomic E-state index is 12.9. The quantitative estimate of drug-likeness (QED) is 0.854. The van der Waals surface area contributed by atoms with Gasteiger partial charge < -0.3 is 15.4 Å². The monoisotopic (exact) mass is 365 g/mol. The number of benzene rings is 2. The van der Waals surface area contributed by atoms with Crippen LogP contribution in [0.1, 0.15) is 17.5 Å². The maximum Gasteiger partial charge on any atom is 0.229 e. The van der Waals surface area contributed by atoms with Crippen molar-refractivity contribution < 1.29 is 9.53 Å². The number of para-hydroxylation sites is 2. The topological polar surface area (TPSA) is 53.6 Å². The van der Waals surface area contributed by atoms with Gasteiger partial charge in [-0.25, -0.2) is 0 Å². The second-order valence-corrected chi connectivity index (χ2v) is 7.39. The summed E-state index contributed by atoms with van der Waals surface area (Å²) in [5.41, 5.74) is 4.30. The van der Waals surface area contributed by atoms with Gasteiger partial charge in [0.1, 0.15) is 0 Å². The first-order valence-electron chi connectivity index (χ1n) is 9.72. The van der Waals surface area contributed by atoms with Crippen LogP contribution in [0.3, 0.4) is 0 Å². The summed E-state index contributed by atoms with van der Waals surface area (Å²) in [4.78, 5) is 15.3. The Bertz CT molecular complexity index is 808. The van der Waals surface area contributed by atoms with Crippen molar-refractivity contribution in [2.45, 2.75) is 25.9 Å². The second kappa shape index (κ2) is 8.11. The predicted octanol–water partition coefficient (Wildman–Crippen LogP) is 3.27. The van der Waals surface area contributed by atoms with E-state index in [1.54, 1.807) is 0 Å². The van der Waals surface area contributed by atoms with Crippen LogP contribution in [-0.4, -0.2) is 43.2 Å². The summed E-state index contributed by atoms with van der Waals surface area (Å²) in [6, 6.07) is 16.5. The maximum atomic E-state index is 12.9. The molecule has 0 aromatic heterocycles. The summed E-state index contributed by atoms with van der Waals surface area (Å²) in [5.74, 6) is 0.0906. The molecule has 1 amide bonds. The summed E-state index contributed by atoms with van der Waals surface area (Å²) < 4.78 is 5.60. The number of aryl methyl sites for hydroxylation is 1. The van der Waals surface area contributed by atoms with Crippen LogP contribution in [0, 0.1) is 12.8 Å². The van der Waals surface area contributed by atoms with Gasteiger partial charge in [0, 0.05) is 19.1 Å². The number of rotatable bonds is 5. The number of nitrogens with zero attached hydrogens (tertiary/aromatic N) is 1. The fourth-order valence-electron chi connectivity index (χ4n) is 4.08. The Kier molecular flexibility index (Phi) is 5.41. The van der Waals surface area contributed by atoms with Crippen LogP contribution in [0.25, 0.3) is 0 Å². The number of carbonyl (C=O) groups excluding carboxylic acids is 1. The van der Waals surface area contributed by atoms with Gasteiger partial charge in [0.2, 0.25) is 5.91 Å². The van der Waals surface area contributed by atoms with E-state index in [0.29, 0.717) is 6.61 Å². The van der Waals surface area contributed by atoms with Gasteiger partial charge in [0.05, 0.1) is 30.5 Å². The van der Waals surface area contributed by atoms with E-state index in [0.717, 1.165) is 44.0 Å². The van der Waals surface area contributed by atoms with Crippen molar-refractivity contribution in [3.05, 3.63) is 59.7 Å². The molecule has 27 heavy (non-hydrogen) atoms. The molecule has 5 heteroatoms. The minimum atomic E-state index is -0.00489. The standard InChI is InChI=1S/C22H27N3O2/c1-16-6-2-3-7-17(16)14-23-19-8-4-5-9-20(19)24-22(26)18-10-11-25-12-13-27-15-21(18)25/h2-9,18,21,23H,10-15H2,1H3,(H,24,26). The third-order valence-electron chi connectivity index (χ3n) is 5.72. The highest BCUT2D eigenvalue weighted by Crippen LogP contribution is 2.29. The lowest BCUT2D eigenvalue weighted by atomic mass is 9.99. The molecular formula is C22H27N3O2. The second-order valence-electron chi connectivity index (χ2n) is 7.39. The van der Waals surface area contributed by atoms with Gasteiger partial charge in [0.15, 0.2) is 0 Å². The minimum absolute atomic E-state index is 0.00489.